The van der Waals surface area contributed by atoms with Gasteiger partial charge in [0, 0.05) is 36.7 Å². The average Bonchev–Trinajstić information content (AvgIpc) is 1.76. The van der Waals surface area contributed by atoms with Crippen molar-refractivity contribution in [2.24, 2.45) is 0 Å². The van der Waals surface area contributed by atoms with Crippen molar-refractivity contribution in [2.45, 2.75) is 0 Å². The molecule has 0 aliphatic rings. The molecular weight excluding hydrogens is 721 g/mol. The molecule has 0 spiro atoms. The van der Waals surface area contributed by atoms with Crippen molar-refractivity contribution in [1.29, 1.82) is 0 Å². The van der Waals surface area contributed by atoms with Gasteiger partial charge in [0.15, 0.2) is 0 Å². The standard InChI is InChI=1S/3La.4O3Si/c;;;4*1-4(2)3/q3*+3;4*-2. The van der Waals surface area contributed by atoms with Crippen molar-refractivity contribution in [1.82, 2.24) is 0 Å². The summed E-state index contributed by atoms with van der Waals surface area (Å²) in [4.78, 5) is 68.1. The maximum absolute atomic E-state index is 8.52. The van der Waals surface area contributed by atoms with Gasteiger partial charge in [0.05, 0.1) is 0 Å². The molecule has 0 aromatic rings. The summed E-state index contributed by atoms with van der Waals surface area (Å²) < 4.78 is 34.1. The van der Waals surface area contributed by atoms with E-state index in [2.05, 4.69) is 0 Å². The first-order valence-electron chi connectivity index (χ1n) is 2.45. The molecule has 19 heteroatoms. The summed E-state index contributed by atoms with van der Waals surface area (Å²) in [5.74, 6) is 0. The Kier molecular flexibility index (Phi) is 83.2. The fourth-order valence-electron chi connectivity index (χ4n) is 0. The van der Waals surface area contributed by atoms with E-state index in [0.29, 0.717) is 0 Å². The average molecular weight is 721 g/mol. The first kappa shape index (κ1) is 42.9. The second kappa shape index (κ2) is 36.9. The molecule has 19 heavy (non-hydrogen) atoms. The molecule has 0 unspecified atom stereocenters. The molecule has 0 fully saturated rings. The second-order valence-corrected chi connectivity index (χ2v) is 3.00. The minimum atomic E-state index is -3.63. The molecule has 0 bridgehead atoms. The van der Waals surface area contributed by atoms with Crippen LogP contribution in [0.1, 0.15) is 0 Å². The van der Waals surface area contributed by atoms with Gasteiger partial charge in [-0.25, -0.2) is 0 Å². The van der Waals surface area contributed by atoms with Crippen LogP contribution < -0.4 is 38.4 Å². The van der Waals surface area contributed by atoms with Crippen LogP contribution in [-0.2, 0) is 17.8 Å². The summed E-state index contributed by atoms with van der Waals surface area (Å²) >= 11 is 0. The second-order valence-electron chi connectivity index (χ2n) is 1.00. The predicted molar refractivity (Wildman–Crippen MR) is 25.8 cm³/mol. The summed E-state index contributed by atoms with van der Waals surface area (Å²) in [6, 6.07) is 0. The van der Waals surface area contributed by atoms with E-state index in [1.807, 2.05) is 0 Å². The molecule has 0 radical (unpaired) electrons. The summed E-state index contributed by atoms with van der Waals surface area (Å²) in [6.45, 7) is 0. The van der Waals surface area contributed by atoms with Gasteiger partial charge in [-0.1, -0.05) is 0 Å². The zero-order valence-corrected chi connectivity index (χ0v) is 23.5. The fourth-order valence-corrected chi connectivity index (χ4v) is 0. The normalized spacial score (nSPS) is 5.05. The molecule has 0 N–H and O–H groups in total. The van der Waals surface area contributed by atoms with E-state index in [1.54, 1.807) is 0 Å². The summed E-state index contributed by atoms with van der Waals surface area (Å²) in [5, 5.41) is 0. The summed E-state index contributed by atoms with van der Waals surface area (Å²) in [6.07, 6.45) is 0. The zero-order valence-electron chi connectivity index (χ0n) is 8.63. The van der Waals surface area contributed by atoms with Gasteiger partial charge in [-0.2, -0.15) is 0 Å². The Morgan fingerprint density at radius 1 is 0.368 bits per heavy atom. The fraction of sp³-hybridized carbons (Fsp3) is 0. The van der Waals surface area contributed by atoms with Crippen LogP contribution in [0.3, 0.4) is 0 Å². The molecule has 0 aliphatic heterocycles. The molecule has 0 saturated carbocycles. The molecule has 0 aromatic heterocycles. The van der Waals surface area contributed by atoms with Gasteiger partial charge in [-0.15, -0.1) is 0 Å². The van der Waals surface area contributed by atoms with Crippen LogP contribution in [0.15, 0.2) is 0 Å². The van der Waals surface area contributed by atoms with Gasteiger partial charge in [0.1, 0.15) is 0 Å². The first-order chi connectivity index (χ1) is 6.93. The van der Waals surface area contributed by atoms with Crippen LogP contribution >= 0.6 is 0 Å². The van der Waals surface area contributed by atoms with Gasteiger partial charge >= 0.3 is 107 Å². The minimum Gasteiger partial charge on any atom is -0.672 e. The zero-order chi connectivity index (χ0) is 14.3. The maximum atomic E-state index is 8.52. The quantitative estimate of drug-likeness (QED) is 0.212. The van der Waals surface area contributed by atoms with Gasteiger partial charge in [-0.05, 0) is 0 Å². The van der Waals surface area contributed by atoms with E-state index >= 15 is 0 Å². The Hall–Kier alpha value is 2.05. The smallest absolute Gasteiger partial charge is 0.672 e. The monoisotopic (exact) mass is 721 g/mol. The third-order valence-electron chi connectivity index (χ3n) is 0. The minimum absolute atomic E-state index is 0. The third kappa shape index (κ3) is 1550. The van der Waals surface area contributed by atoms with Crippen LogP contribution in [0.25, 0.3) is 0 Å². The van der Waals surface area contributed by atoms with Crippen molar-refractivity contribution in [2.75, 3.05) is 0 Å². The molecule has 0 aliphatic carbocycles. The Morgan fingerprint density at radius 2 is 0.368 bits per heavy atom. The molecule has 0 heterocycles. The van der Waals surface area contributed by atoms with Crippen molar-refractivity contribution < 1.29 is 163 Å². The van der Waals surface area contributed by atoms with Crippen LogP contribution in [0.2, 0.25) is 0 Å². The number of hydrogen-bond donors (Lipinski definition) is 0. The van der Waals surface area contributed by atoms with Crippen molar-refractivity contribution in [3.63, 3.8) is 0 Å². The van der Waals surface area contributed by atoms with E-state index in [9.17, 15) is 0 Å². The Balaban J connectivity index is -0.0000000192. The predicted octanol–water partition coefficient (Wildman–Crippen LogP) is -11.5. The van der Waals surface area contributed by atoms with E-state index in [0.717, 1.165) is 0 Å². The molecule has 12 nitrogen and oxygen atoms in total. The Morgan fingerprint density at radius 3 is 0.368 bits per heavy atom. The largest absolute Gasteiger partial charge is 3.00 e. The molecule has 0 saturated heterocycles. The number of hydrogen-bond acceptors (Lipinski definition) is 12. The summed E-state index contributed by atoms with van der Waals surface area (Å²) in [5.41, 5.74) is 0. The van der Waals surface area contributed by atoms with E-state index in [4.69, 9.17) is 56.2 Å². The van der Waals surface area contributed by atoms with Gasteiger partial charge in [0.2, 0.25) is 0 Å². The van der Waals surface area contributed by atoms with E-state index in [-0.39, 0.29) is 107 Å². The molecular formula is La3O12Si4+. The summed E-state index contributed by atoms with van der Waals surface area (Å²) in [7, 11) is -14.5. The van der Waals surface area contributed by atoms with Gasteiger partial charge in [0.25, 0.3) is 0 Å². The van der Waals surface area contributed by atoms with Crippen LogP contribution in [0.4, 0.5) is 0 Å². The molecule has 0 atom stereocenters. The van der Waals surface area contributed by atoms with Crippen molar-refractivity contribution in [3.8, 4) is 0 Å². The van der Waals surface area contributed by atoms with Crippen LogP contribution in [-0.4, -0.2) is 36.7 Å². The van der Waals surface area contributed by atoms with Gasteiger partial charge in [-0.3, -0.25) is 0 Å². The van der Waals surface area contributed by atoms with E-state index in [1.165, 1.54) is 0 Å². The first-order valence-corrected chi connectivity index (χ1v) is 7.35. The van der Waals surface area contributed by atoms with Crippen LogP contribution in [0, 0.1) is 107 Å². The molecule has 0 amide bonds. The van der Waals surface area contributed by atoms with Crippen LogP contribution in [0.5, 0.6) is 0 Å². The van der Waals surface area contributed by atoms with Crippen molar-refractivity contribution in [3.05, 3.63) is 0 Å². The molecule has 0 aromatic carbocycles. The Bertz CT molecular complexity index is 165. The van der Waals surface area contributed by atoms with Gasteiger partial charge < -0.3 is 56.2 Å². The SMILES string of the molecule is O=[Si]([O-])[O-].O=[Si]([O-])[O-].O=[Si]([O-])[O-].O=[Si]([O-])[O-].[La+3].[La+3].[La+3]. The molecule has 0 rings (SSSR count). The van der Waals surface area contributed by atoms with E-state index < -0.39 is 36.7 Å². The van der Waals surface area contributed by atoms with Crippen molar-refractivity contribution >= 4 is 36.7 Å². The number of rotatable bonds is 0. The topological polar surface area (TPSA) is 253 Å². The third-order valence-corrected chi connectivity index (χ3v) is 0. The maximum Gasteiger partial charge on any atom is 3.00 e. The molecule has 96 valence electrons. The Labute approximate surface area is 196 Å².